The lowest BCUT2D eigenvalue weighted by Gasteiger charge is -2.17. The molecule has 3 heteroatoms. The van der Waals surface area contributed by atoms with E-state index in [1.165, 1.54) is 0 Å². The van der Waals surface area contributed by atoms with Gasteiger partial charge in [0.1, 0.15) is 5.75 Å². The summed E-state index contributed by atoms with van der Waals surface area (Å²) < 4.78 is 5.67. The van der Waals surface area contributed by atoms with E-state index in [2.05, 4.69) is 0 Å². The van der Waals surface area contributed by atoms with E-state index in [1.807, 2.05) is 43.3 Å². The molecule has 0 spiro atoms. The van der Waals surface area contributed by atoms with E-state index in [0.29, 0.717) is 12.2 Å². The van der Waals surface area contributed by atoms with Gasteiger partial charge in [-0.25, -0.2) is 4.79 Å². The van der Waals surface area contributed by atoms with Gasteiger partial charge in [0.2, 0.25) is 0 Å². The molecule has 0 amide bonds. The first-order chi connectivity index (χ1) is 8.63. The number of aliphatic carboxylic acids is 1. The van der Waals surface area contributed by atoms with E-state index >= 15 is 0 Å². The molecule has 0 radical (unpaired) electrons. The molecule has 0 bridgehead atoms. The average Bonchev–Trinajstić information content (AvgIpc) is 2.37. The minimum Gasteiger partial charge on any atom is -0.479 e. The highest BCUT2D eigenvalue weighted by Crippen LogP contribution is 2.30. The van der Waals surface area contributed by atoms with Crippen LogP contribution in [-0.2, 0) is 4.79 Å². The summed E-state index contributed by atoms with van der Waals surface area (Å²) in [4.78, 5) is 11.1. The highest BCUT2D eigenvalue weighted by Gasteiger charge is 2.18. The van der Waals surface area contributed by atoms with E-state index in [9.17, 15) is 4.79 Å². The van der Waals surface area contributed by atoms with Crippen molar-refractivity contribution in [2.75, 3.05) is 0 Å². The van der Waals surface area contributed by atoms with E-state index < -0.39 is 12.1 Å². The number of carbonyl (C=O) groups is 1. The quantitative estimate of drug-likeness (QED) is 0.896. The van der Waals surface area contributed by atoms with E-state index in [-0.39, 0.29) is 0 Å². The Morgan fingerprint density at radius 1 is 1.28 bits per heavy atom. The summed E-state index contributed by atoms with van der Waals surface area (Å²) in [6.07, 6.45) is -0.354. The molecule has 0 aliphatic carbocycles. The summed E-state index contributed by atoms with van der Waals surface area (Å²) in [5, 5.41) is 11.1. The maximum atomic E-state index is 11.1. The van der Waals surface area contributed by atoms with E-state index in [1.54, 1.807) is 6.92 Å². The van der Waals surface area contributed by atoms with Crippen molar-refractivity contribution in [1.82, 2.24) is 0 Å². The third-order valence-corrected chi connectivity index (χ3v) is 2.98. The highest BCUT2D eigenvalue weighted by molar-refractivity contribution is 5.90. The molecule has 0 unspecified atom stereocenters. The Bertz CT molecular complexity index is 575. The van der Waals surface area contributed by atoms with Crippen LogP contribution in [0.15, 0.2) is 36.4 Å². The van der Waals surface area contributed by atoms with Crippen LogP contribution in [0, 0.1) is 6.92 Å². The second-order valence-electron chi connectivity index (χ2n) is 4.29. The van der Waals surface area contributed by atoms with Crippen molar-refractivity contribution in [3.05, 3.63) is 42.0 Å². The van der Waals surface area contributed by atoms with Gasteiger partial charge < -0.3 is 9.84 Å². The van der Waals surface area contributed by atoms with Gasteiger partial charge >= 0.3 is 5.97 Å². The van der Waals surface area contributed by atoms with Crippen LogP contribution in [0.5, 0.6) is 5.75 Å². The third-order valence-electron chi connectivity index (χ3n) is 2.98. The molecule has 2 aromatic rings. The Hall–Kier alpha value is -2.03. The number of fused-ring (bicyclic) bond motifs is 1. The lowest BCUT2D eigenvalue weighted by Crippen LogP contribution is -2.26. The number of hydrogen-bond acceptors (Lipinski definition) is 2. The van der Waals surface area contributed by atoms with Crippen molar-refractivity contribution in [3.63, 3.8) is 0 Å². The number of carboxylic acids is 1. The predicted octanol–water partition coefficient (Wildman–Crippen LogP) is 3.39. The number of hydrogen-bond donors (Lipinski definition) is 1. The molecule has 94 valence electrons. The van der Waals surface area contributed by atoms with Gasteiger partial charge in [-0.05, 0) is 24.3 Å². The van der Waals surface area contributed by atoms with Crippen LogP contribution >= 0.6 is 0 Å². The second-order valence-corrected chi connectivity index (χ2v) is 4.29. The molecule has 1 atom stereocenters. The Balaban J connectivity index is 2.49. The van der Waals surface area contributed by atoms with Crippen LogP contribution in [0.3, 0.4) is 0 Å². The maximum Gasteiger partial charge on any atom is 0.344 e. The molecule has 0 fully saturated rings. The van der Waals surface area contributed by atoms with Crippen LogP contribution in [0.2, 0.25) is 0 Å². The van der Waals surface area contributed by atoms with Crippen molar-refractivity contribution in [3.8, 4) is 5.75 Å². The molecular formula is C15H16O3. The summed E-state index contributed by atoms with van der Waals surface area (Å²) >= 11 is 0. The van der Waals surface area contributed by atoms with E-state index in [4.69, 9.17) is 9.84 Å². The van der Waals surface area contributed by atoms with Gasteiger partial charge in [-0.3, -0.25) is 0 Å². The standard InChI is InChI=1S/C15H16O3/c1-3-13(15(16)17)18-14-10(2)8-9-11-6-4-5-7-12(11)14/h4-9,13H,3H2,1-2H3,(H,16,17)/t13-/m0/s1. The lowest BCUT2D eigenvalue weighted by molar-refractivity contribution is -0.145. The Kier molecular flexibility index (Phi) is 3.51. The normalized spacial score (nSPS) is 12.3. The summed E-state index contributed by atoms with van der Waals surface area (Å²) in [7, 11) is 0. The van der Waals surface area contributed by atoms with Crippen molar-refractivity contribution in [2.45, 2.75) is 26.4 Å². The molecule has 0 aliphatic heterocycles. The monoisotopic (exact) mass is 244 g/mol. The van der Waals surface area contributed by atoms with Crippen LogP contribution in [0.1, 0.15) is 18.9 Å². The first-order valence-electron chi connectivity index (χ1n) is 6.01. The SMILES string of the molecule is CC[C@H](Oc1c(C)ccc2ccccc12)C(=O)O. The molecule has 1 N–H and O–H groups in total. The predicted molar refractivity (Wildman–Crippen MR) is 71.0 cm³/mol. The number of ether oxygens (including phenoxy) is 1. The lowest BCUT2D eigenvalue weighted by atomic mass is 10.1. The fraction of sp³-hybridized carbons (Fsp3) is 0.267. The van der Waals surface area contributed by atoms with Gasteiger partial charge in [0, 0.05) is 5.39 Å². The summed E-state index contributed by atoms with van der Waals surface area (Å²) in [5.41, 5.74) is 0.952. The molecule has 0 saturated carbocycles. The molecule has 0 saturated heterocycles. The largest absolute Gasteiger partial charge is 0.479 e. The van der Waals surface area contributed by atoms with Crippen molar-refractivity contribution in [1.29, 1.82) is 0 Å². The van der Waals surface area contributed by atoms with Gasteiger partial charge in [0.05, 0.1) is 0 Å². The zero-order valence-corrected chi connectivity index (χ0v) is 10.5. The molecule has 0 heterocycles. The van der Waals surface area contributed by atoms with Crippen LogP contribution in [0.4, 0.5) is 0 Å². The smallest absolute Gasteiger partial charge is 0.344 e. The van der Waals surface area contributed by atoms with Crippen molar-refractivity contribution in [2.24, 2.45) is 0 Å². The van der Waals surface area contributed by atoms with Gasteiger partial charge in [0.25, 0.3) is 0 Å². The average molecular weight is 244 g/mol. The molecular weight excluding hydrogens is 228 g/mol. The third kappa shape index (κ3) is 2.30. The molecule has 2 rings (SSSR count). The first-order valence-corrected chi connectivity index (χ1v) is 6.01. The molecule has 18 heavy (non-hydrogen) atoms. The van der Waals surface area contributed by atoms with Gasteiger partial charge in [0.15, 0.2) is 6.10 Å². The van der Waals surface area contributed by atoms with Crippen LogP contribution in [-0.4, -0.2) is 17.2 Å². The summed E-state index contributed by atoms with van der Waals surface area (Å²) in [6, 6.07) is 11.8. The van der Waals surface area contributed by atoms with Crippen LogP contribution in [0.25, 0.3) is 10.8 Å². The maximum absolute atomic E-state index is 11.1. The second kappa shape index (κ2) is 5.08. The number of carboxylic acid groups (broad SMARTS) is 1. The number of aryl methyl sites for hydroxylation is 1. The number of benzene rings is 2. The molecule has 0 aliphatic rings. The van der Waals surface area contributed by atoms with Gasteiger partial charge in [-0.15, -0.1) is 0 Å². The minimum atomic E-state index is -0.926. The summed E-state index contributed by atoms with van der Waals surface area (Å²) in [5.74, 6) is -0.257. The highest BCUT2D eigenvalue weighted by atomic mass is 16.5. The topological polar surface area (TPSA) is 46.5 Å². The van der Waals surface area contributed by atoms with Gasteiger partial charge in [-0.2, -0.15) is 0 Å². The Labute approximate surface area is 106 Å². The Morgan fingerprint density at radius 3 is 2.67 bits per heavy atom. The van der Waals surface area contributed by atoms with Gasteiger partial charge in [-0.1, -0.05) is 43.3 Å². The molecule has 3 nitrogen and oxygen atoms in total. The first kappa shape index (κ1) is 12.4. The molecule has 2 aromatic carbocycles. The van der Waals surface area contributed by atoms with Crippen molar-refractivity contribution < 1.29 is 14.6 Å². The Morgan fingerprint density at radius 2 is 2.00 bits per heavy atom. The zero-order chi connectivity index (χ0) is 13.1. The zero-order valence-electron chi connectivity index (χ0n) is 10.5. The molecule has 0 aromatic heterocycles. The summed E-state index contributed by atoms with van der Waals surface area (Å²) in [6.45, 7) is 3.73. The van der Waals surface area contributed by atoms with E-state index in [0.717, 1.165) is 16.3 Å². The van der Waals surface area contributed by atoms with Crippen LogP contribution < -0.4 is 4.74 Å². The van der Waals surface area contributed by atoms with Crippen molar-refractivity contribution >= 4 is 16.7 Å². The minimum absolute atomic E-state index is 0.442. The fourth-order valence-corrected chi connectivity index (χ4v) is 1.96. The number of rotatable bonds is 4. The fourth-order valence-electron chi connectivity index (χ4n) is 1.96.